The van der Waals surface area contributed by atoms with Gasteiger partial charge in [0.05, 0.1) is 4.90 Å². The lowest BCUT2D eigenvalue weighted by atomic mass is 10.3. The molecule has 1 saturated heterocycles. The first-order chi connectivity index (χ1) is 12.4. The van der Waals surface area contributed by atoms with Gasteiger partial charge in [0.2, 0.25) is 10.0 Å². The lowest BCUT2D eigenvalue weighted by molar-refractivity contribution is -0.118. The molecule has 2 aromatic rings. The SMILES string of the molecule is O=C(COc1ccc(Cl)cc1)Nc1ccc(S(=O)(=O)N2CCCC2)cc1. The van der Waals surface area contributed by atoms with E-state index in [2.05, 4.69) is 5.32 Å². The summed E-state index contributed by atoms with van der Waals surface area (Å²) in [5.41, 5.74) is 0.509. The molecule has 0 aliphatic carbocycles. The molecule has 8 heteroatoms. The minimum Gasteiger partial charge on any atom is -0.484 e. The molecule has 1 heterocycles. The van der Waals surface area contributed by atoms with Crippen LogP contribution in [0.4, 0.5) is 5.69 Å². The van der Waals surface area contributed by atoms with Crippen LogP contribution in [0.25, 0.3) is 0 Å². The van der Waals surface area contributed by atoms with Crippen LogP contribution in [-0.2, 0) is 14.8 Å². The van der Waals surface area contributed by atoms with Gasteiger partial charge in [0, 0.05) is 23.8 Å². The van der Waals surface area contributed by atoms with Gasteiger partial charge in [-0.25, -0.2) is 8.42 Å². The highest BCUT2D eigenvalue weighted by Gasteiger charge is 2.26. The second kappa shape index (κ2) is 8.07. The number of ether oxygens (including phenoxy) is 1. The van der Waals surface area contributed by atoms with Gasteiger partial charge < -0.3 is 10.1 Å². The molecule has 0 atom stereocenters. The summed E-state index contributed by atoms with van der Waals surface area (Å²) in [6.45, 7) is 0.959. The summed E-state index contributed by atoms with van der Waals surface area (Å²) < 4.78 is 31.8. The zero-order chi connectivity index (χ0) is 18.6. The second-order valence-corrected chi connectivity index (χ2v) is 8.30. The Bertz CT molecular complexity index is 861. The van der Waals surface area contributed by atoms with Crippen LogP contribution in [0.3, 0.4) is 0 Å². The Labute approximate surface area is 157 Å². The van der Waals surface area contributed by atoms with E-state index in [1.165, 1.54) is 16.4 Å². The van der Waals surface area contributed by atoms with E-state index in [0.29, 0.717) is 29.5 Å². The molecule has 0 spiro atoms. The molecule has 0 aromatic heterocycles. The average Bonchev–Trinajstić information content (AvgIpc) is 3.17. The maximum absolute atomic E-state index is 12.5. The molecule has 6 nitrogen and oxygen atoms in total. The van der Waals surface area contributed by atoms with Crippen molar-refractivity contribution in [2.45, 2.75) is 17.7 Å². The van der Waals surface area contributed by atoms with Crippen molar-refractivity contribution in [3.05, 3.63) is 53.6 Å². The number of benzene rings is 2. The Morgan fingerprint density at radius 3 is 2.27 bits per heavy atom. The van der Waals surface area contributed by atoms with E-state index in [1.54, 1.807) is 36.4 Å². The van der Waals surface area contributed by atoms with E-state index in [4.69, 9.17) is 16.3 Å². The lowest BCUT2D eigenvalue weighted by Crippen LogP contribution is -2.27. The van der Waals surface area contributed by atoms with Crippen LogP contribution in [0.15, 0.2) is 53.4 Å². The van der Waals surface area contributed by atoms with Gasteiger partial charge in [-0.3, -0.25) is 4.79 Å². The highest BCUT2D eigenvalue weighted by Crippen LogP contribution is 2.22. The first kappa shape index (κ1) is 18.7. The molecular weight excluding hydrogens is 376 g/mol. The Hall–Kier alpha value is -2.09. The molecule has 0 radical (unpaired) electrons. The van der Waals surface area contributed by atoms with Crippen molar-refractivity contribution in [2.24, 2.45) is 0 Å². The molecule has 1 aliphatic heterocycles. The summed E-state index contributed by atoms with van der Waals surface area (Å²) >= 11 is 5.79. The third-order valence-electron chi connectivity index (χ3n) is 4.02. The highest BCUT2D eigenvalue weighted by molar-refractivity contribution is 7.89. The van der Waals surface area contributed by atoms with Gasteiger partial charge in [0.1, 0.15) is 5.75 Å². The fourth-order valence-corrected chi connectivity index (χ4v) is 4.31. The molecule has 0 saturated carbocycles. The van der Waals surface area contributed by atoms with Gasteiger partial charge >= 0.3 is 0 Å². The number of nitrogens with one attached hydrogen (secondary N) is 1. The molecular formula is C18H19ClN2O4S. The zero-order valence-corrected chi connectivity index (χ0v) is 15.6. The second-order valence-electron chi connectivity index (χ2n) is 5.93. The third-order valence-corrected chi connectivity index (χ3v) is 6.19. The largest absolute Gasteiger partial charge is 0.484 e. The number of rotatable bonds is 6. The molecule has 26 heavy (non-hydrogen) atoms. The number of carbonyl (C=O) groups excluding carboxylic acids is 1. The van der Waals surface area contributed by atoms with Gasteiger partial charge in [-0.15, -0.1) is 0 Å². The van der Waals surface area contributed by atoms with Crippen LogP contribution in [-0.4, -0.2) is 38.3 Å². The number of sulfonamides is 1. The van der Waals surface area contributed by atoms with Crippen LogP contribution in [0.5, 0.6) is 5.75 Å². The van der Waals surface area contributed by atoms with Gasteiger partial charge in [-0.05, 0) is 61.4 Å². The lowest BCUT2D eigenvalue weighted by Gasteiger charge is -2.15. The van der Waals surface area contributed by atoms with Crippen molar-refractivity contribution in [1.29, 1.82) is 0 Å². The van der Waals surface area contributed by atoms with Gasteiger partial charge in [0.25, 0.3) is 5.91 Å². The third kappa shape index (κ3) is 4.55. The van der Waals surface area contributed by atoms with Crippen LogP contribution in [0.1, 0.15) is 12.8 Å². The summed E-state index contributed by atoms with van der Waals surface area (Å²) in [7, 11) is -3.45. The summed E-state index contributed by atoms with van der Waals surface area (Å²) in [5, 5.41) is 3.26. The van der Waals surface area contributed by atoms with Crippen molar-refractivity contribution in [3.63, 3.8) is 0 Å². The molecule has 2 aromatic carbocycles. The number of hydrogen-bond donors (Lipinski definition) is 1. The minimum atomic E-state index is -3.45. The van der Waals surface area contributed by atoms with E-state index in [-0.39, 0.29) is 17.4 Å². The molecule has 138 valence electrons. The Morgan fingerprint density at radius 1 is 1.04 bits per heavy atom. The van der Waals surface area contributed by atoms with Crippen LogP contribution in [0.2, 0.25) is 5.02 Å². The van der Waals surface area contributed by atoms with Gasteiger partial charge in [-0.2, -0.15) is 4.31 Å². The van der Waals surface area contributed by atoms with Gasteiger partial charge in [-0.1, -0.05) is 11.6 Å². The predicted octanol–water partition coefficient (Wildman–Crippen LogP) is 3.14. The van der Waals surface area contributed by atoms with E-state index >= 15 is 0 Å². The molecule has 1 fully saturated rings. The summed E-state index contributed by atoms with van der Waals surface area (Å²) in [5.74, 6) is 0.201. The van der Waals surface area contributed by atoms with Crippen molar-refractivity contribution < 1.29 is 17.9 Å². The summed E-state index contributed by atoms with van der Waals surface area (Å²) in [6.07, 6.45) is 1.78. The van der Waals surface area contributed by atoms with Crippen molar-refractivity contribution in [3.8, 4) is 5.75 Å². The van der Waals surface area contributed by atoms with Crippen molar-refractivity contribution in [2.75, 3.05) is 25.0 Å². The zero-order valence-electron chi connectivity index (χ0n) is 14.0. The number of nitrogens with zero attached hydrogens (tertiary/aromatic N) is 1. The Balaban J connectivity index is 1.56. The number of amides is 1. The van der Waals surface area contributed by atoms with E-state index in [9.17, 15) is 13.2 Å². The Morgan fingerprint density at radius 2 is 1.65 bits per heavy atom. The number of anilines is 1. The van der Waals surface area contributed by atoms with Crippen LogP contribution in [0, 0.1) is 0 Å². The fraction of sp³-hybridized carbons (Fsp3) is 0.278. The first-order valence-electron chi connectivity index (χ1n) is 8.23. The number of hydrogen-bond acceptors (Lipinski definition) is 4. The molecule has 1 N–H and O–H groups in total. The smallest absolute Gasteiger partial charge is 0.262 e. The van der Waals surface area contributed by atoms with Crippen molar-refractivity contribution in [1.82, 2.24) is 4.31 Å². The molecule has 1 amide bonds. The predicted molar refractivity (Wildman–Crippen MR) is 100 cm³/mol. The van der Waals surface area contributed by atoms with Gasteiger partial charge in [0.15, 0.2) is 6.61 Å². The minimum absolute atomic E-state index is 0.157. The van der Waals surface area contributed by atoms with E-state index in [1.807, 2.05) is 0 Å². The quantitative estimate of drug-likeness (QED) is 0.816. The van der Waals surface area contributed by atoms with Crippen LogP contribution >= 0.6 is 11.6 Å². The maximum Gasteiger partial charge on any atom is 0.262 e. The Kier molecular flexibility index (Phi) is 5.80. The summed E-state index contributed by atoms with van der Waals surface area (Å²) in [6, 6.07) is 12.9. The van der Waals surface area contributed by atoms with Crippen LogP contribution < -0.4 is 10.1 Å². The molecule has 0 unspecified atom stereocenters. The van der Waals surface area contributed by atoms with Crippen molar-refractivity contribution >= 4 is 33.2 Å². The molecule has 1 aliphatic rings. The normalized spacial score (nSPS) is 15.0. The van der Waals surface area contributed by atoms with E-state index < -0.39 is 10.0 Å². The fourth-order valence-electron chi connectivity index (χ4n) is 2.66. The molecule has 3 rings (SSSR count). The van der Waals surface area contributed by atoms with E-state index in [0.717, 1.165) is 12.8 Å². The molecule has 0 bridgehead atoms. The topological polar surface area (TPSA) is 75.7 Å². The number of carbonyl (C=O) groups is 1. The number of halogens is 1. The summed E-state index contributed by atoms with van der Waals surface area (Å²) in [4.78, 5) is 12.2. The highest BCUT2D eigenvalue weighted by atomic mass is 35.5. The maximum atomic E-state index is 12.5. The average molecular weight is 395 g/mol. The first-order valence-corrected chi connectivity index (χ1v) is 10.1. The standard InChI is InChI=1S/C18H19ClN2O4S/c19-14-3-7-16(8-4-14)25-13-18(22)20-15-5-9-17(10-6-15)26(23,24)21-11-1-2-12-21/h3-10H,1-2,11-13H2,(H,20,22). The monoisotopic (exact) mass is 394 g/mol.